The summed E-state index contributed by atoms with van der Waals surface area (Å²) in [7, 11) is 0. The van der Waals surface area contributed by atoms with Gasteiger partial charge in [0.2, 0.25) is 0 Å². The minimum absolute atomic E-state index is 0.457. The number of nitrogens with one attached hydrogen (secondary N) is 1. The summed E-state index contributed by atoms with van der Waals surface area (Å²) in [6, 6.07) is 0.457. The molecule has 0 aromatic heterocycles. The van der Waals surface area contributed by atoms with Gasteiger partial charge in [-0.3, -0.25) is 0 Å². The molecule has 1 aliphatic heterocycles. The van der Waals surface area contributed by atoms with Gasteiger partial charge < -0.3 is 11.2 Å². The lowest BCUT2D eigenvalue weighted by molar-refractivity contribution is 0.467. The van der Waals surface area contributed by atoms with E-state index in [-0.39, 0.29) is 0 Å². The van der Waals surface area contributed by atoms with Gasteiger partial charge in [-0.15, -0.1) is 0 Å². The zero-order chi connectivity index (χ0) is 8.10. The standard InChI is InChI=1S/C8H17N3/c1-2-7(11-9)8-5-3-4-6-10-8/h8,10H,2-6,9H2,1H3/b11-7-. The van der Waals surface area contributed by atoms with Gasteiger partial charge in [0.1, 0.15) is 0 Å². The van der Waals surface area contributed by atoms with Crippen molar-refractivity contribution >= 4 is 5.71 Å². The smallest absolute Gasteiger partial charge is 0.0542 e. The van der Waals surface area contributed by atoms with Crippen molar-refractivity contribution in [1.29, 1.82) is 0 Å². The van der Waals surface area contributed by atoms with Crippen molar-refractivity contribution in [3.63, 3.8) is 0 Å². The van der Waals surface area contributed by atoms with E-state index in [0.29, 0.717) is 6.04 Å². The second-order valence-corrected chi connectivity index (χ2v) is 2.98. The van der Waals surface area contributed by atoms with Crippen molar-refractivity contribution in [2.45, 2.75) is 38.6 Å². The molecule has 1 unspecified atom stereocenters. The lowest BCUT2D eigenvalue weighted by atomic mass is 9.99. The average Bonchev–Trinajstić information content (AvgIpc) is 2.09. The van der Waals surface area contributed by atoms with Crippen LogP contribution in [0, 0.1) is 0 Å². The van der Waals surface area contributed by atoms with E-state index in [4.69, 9.17) is 5.84 Å². The van der Waals surface area contributed by atoms with Gasteiger partial charge in [0.25, 0.3) is 0 Å². The summed E-state index contributed by atoms with van der Waals surface area (Å²) in [6.07, 6.45) is 4.76. The Bertz CT molecular complexity index is 136. The van der Waals surface area contributed by atoms with Gasteiger partial charge in [0, 0.05) is 6.04 Å². The molecule has 3 heteroatoms. The maximum atomic E-state index is 5.26. The summed E-state index contributed by atoms with van der Waals surface area (Å²) in [4.78, 5) is 0. The van der Waals surface area contributed by atoms with Crippen molar-refractivity contribution in [1.82, 2.24) is 5.32 Å². The zero-order valence-corrected chi connectivity index (χ0v) is 7.14. The fourth-order valence-electron chi connectivity index (χ4n) is 1.56. The number of hydrogen-bond donors (Lipinski definition) is 2. The Morgan fingerprint density at radius 2 is 2.45 bits per heavy atom. The molecule has 0 radical (unpaired) electrons. The van der Waals surface area contributed by atoms with Gasteiger partial charge in [0.15, 0.2) is 0 Å². The van der Waals surface area contributed by atoms with Crippen molar-refractivity contribution in [3.8, 4) is 0 Å². The number of piperidine rings is 1. The van der Waals surface area contributed by atoms with Crippen LogP contribution in [-0.2, 0) is 0 Å². The summed E-state index contributed by atoms with van der Waals surface area (Å²) < 4.78 is 0. The molecule has 1 aliphatic rings. The molecule has 1 rings (SSSR count). The van der Waals surface area contributed by atoms with Crippen molar-refractivity contribution in [3.05, 3.63) is 0 Å². The maximum absolute atomic E-state index is 5.26. The fraction of sp³-hybridized carbons (Fsp3) is 0.875. The Labute approximate surface area is 68.0 Å². The van der Waals surface area contributed by atoms with Crippen molar-refractivity contribution in [2.24, 2.45) is 10.9 Å². The Balaban J connectivity index is 2.43. The normalized spacial score (nSPS) is 27.0. The van der Waals surface area contributed by atoms with Crippen LogP contribution in [0.2, 0.25) is 0 Å². The van der Waals surface area contributed by atoms with Crippen molar-refractivity contribution < 1.29 is 0 Å². The molecule has 64 valence electrons. The molecule has 3 N–H and O–H groups in total. The van der Waals surface area contributed by atoms with Gasteiger partial charge in [-0.2, -0.15) is 5.10 Å². The SMILES string of the molecule is CC/C(=N/N)C1CCCCN1. The first kappa shape index (κ1) is 8.53. The molecule has 0 aliphatic carbocycles. The van der Waals surface area contributed by atoms with Crippen LogP contribution < -0.4 is 11.2 Å². The highest BCUT2D eigenvalue weighted by molar-refractivity contribution is 5.89. The first-order valence-electron chi connectivity index (χ1n) is 4.38. The molecule has 0 bridgehead atoms. The Morgan fingerprint density at radius 3 is 2.91 bits per heavy atom. The van der Waals surface area contributed by atoms with Crippen LogP contribution in [0.15, 0.2) is 5.10 Å². The topological polar surface area (TPSA) is 50.4 Å². The fourth-order valence-corrected chi connectivity index (χ4v) is 1.56. The number of hydrogen-bond acceptors (Lipinski definition) is 3. The van der Waals surface area contributed by atoms with Crippen LogP contribution in [0.4, 0.5) is 0 Å². The number of nitrogens with two attached hydrogens (primary N) is 1. The number of nitrogens with zero attached hydrogens (tertiary/aromatic N) is 1. The predicted octanol–water partition coefficient (Wildman–Crippen LogP) is 0.853. The highest BCUT2D eigenvalue weighted by Crippen LogP contribution is 2.09. The largest absolute Gasteiger partial charge is 0.323 e. The van der Waals surface area contributed by atoms with Gasteiger partial charge in [-0.1, -0.05) is 13.3 Å². The van der Waals surface area contributed by atoms with E-state index in [1.165, 1.54) is 19.3 Å². The summed E-state index contributed by atoms with van der Waals surface area (Å²) in [5.41, 5.74) is 1.12. The van der Waals surface area contributed by atoms with Gasteiger partial charge >= 0.3 is 0 Å². The minimum atomic E-state index is 0.457. The Kier molecular flexibility index (Phi) is 3.36. The molecule has 11 heavy (non-hydrogen) atoms. The maximum Gasteiger partial charge on any atom is 0.0542 e. The van der Waals surface area contributed by atoms with E-state index in [0.717, 1.165) is 18.7 Å². The molecule has 0 spiro atoms. The highest BCUT2D eigenvalue weighted by Gasteiger charge is 2.16. The van der Waals surface area contributed by atoms with Crippen LogP contribution in [0.5, 0.6) is 0 Å². The Hall–Kier alpha value is -0.570. The third-order valence-electron chi connectivity index (χ3n) is 2.24. The quantitative estimate of drug-likeness (QED) is 0.353. The zero-order valence-electron chi connectivity index (χ0n) is 7.14. The minimum Gasteiger partial charge on any atom is -0.323 e. The lowest BCUT2D eigenvalue weighted by Gasteiger charge is -2.23. The summed E-state index contributed by atoms with van der Waals surface area (Å²) in [6.45, 7) is 3.21. The third kappa shape index (κ3) is 2.19. The highest BCUT2D eigenvalue weighted by atomic mass is 15.1. The van der Waals surface area contributed by atoms with E-state index in [9.17, 15) is 0 Å². The van der Waals surface area contributed by atoms with Gasteiger partial charge in [-0.25, -0.2) is 0 Å². The van der Waals surface area contributed by atoms with Crippen molar-refractivity contribution in [2.75, 3.05) is 6.54 Å². The van der Waals surface area contributed by atoms with Gasteiger partial charge in [-0.05, 0) is 25.8 Å². The van der Waals surface area contributed by atoms with Gasteiger partial charge in [0.05, 0.1) is 5.71 Å². The number of rotatable bonds is 2. The average molecular weight is 155 g/mol. The van der Waals surface area contributed by atoms with Crippen LogP contribution in [0.25, 0.3) is 0 Å². The molecule has 1 saturated heterocycles. The second-order valence-electron chi connectivity index (χ2n) is 2.98. The molecular weight excluding hydrogens is 138 g/mol. The summed E-state index contributed by atoms with van der Waals surface area (Å²) >= 11 is 0. The monoisotopic (exact) mass is 155 g/mol. The molecule has 1 fully saturated rings. The molecule has 1 atom stereocenters. The Morgan fingerprint density at radius 1 is 1.64 bits per heavy atom. The van der Waals surface area contributed by atoms with E-state index >= 15 is 0 Å². The van der Waals surface area contributed by atoms with Crippen LogP contribution >= 0.6 is 0 Å². The molecule has 1 heterocycles. The number of hydrazone groups is 1. The first-order valence-corrected chi connectivity index (χ1v) is 4.38. The van der Waals surface area contributed by atoms with E-state index in [1.54, 1.807) is 0 Å². The molecular formula is C8H17N3. The van der Waals surface area contributed by atoms with E-state index in [1.807, 2.05) is 0 Å². The van der Waals surface area contributed by atoms with E-state index < -0.39 is 0 Å². The second kappa shape index (κ2) is 4.34. The third-order valence-corrected chi connectivity index (χ3v) is 2.24. The summed E-state index contributed by atoms with van der Waals surface area (Å²) in [5.74, 6) is 5.26. The van der Waals surface area contributed by atoms with E-state index in [2.05, 4.69) is 17.3 Å². The van der Waals surface area contributed by atoms with Crippen LogP contribution in [-0.4, -0.2) is 18.3 Å². The molecule has 0 amide bonds. The first-order chi connectivity index (χ1) is 5.38. The van der Waals surface area contributed by atoms with Crippen LogP contribution in [0.3, 0.4) is 0 Å². The predicted molar refractivity (Wildman–Crippen MR) is 47.6 cm³/mol. The molecule has 3 nitrogen and oxygen atoms in total. The molecule has 0 aromatic carbocycles. The molecule has 0 saturated carbocycles. The van der Waals surface area contributed by atoms with Crippen LogP contribution in [0.1, 0.15) is 32.6 Å². The molecule has 0 aromatic rings. The summed E-state index contributed by atoms with van der Waals surface area (Å²) in [5, 5.41) is 7.19. The lowest BCUT2D eigenvalue weighted by Crippen LogP contribution is -2.40.